The third-order valence-electron chi connectivity index (χ3n) is 4.16. The van der Waals surface area contributed by atoms with Crippen LogP contribution in [0.2, 0.25) is 5.02 Å². The highest BCUT2D eigenvalue weighted by Crippen LogP contribution is 2.36. The molecule has 2 rings (SSSR count). The van der Waals surface area contributed by atoms with Crippen molar-refractivity contribution in [3.63, 3.8) is 0 Å². The molecule has 0 heterocycles. The van der Waals surface area contributed by atoms with Gasteiger partial charge in [-0.1, -0.05) is 37.3 Å². The van der Waals surface area contributed by atoms with Gasteiger partial charge in [0.15, 0.2) is 18.1 Å². The van der Waals surface area contributed by atoms with E-state index in [-0.39, 0.29) is 29.0 Å². The molecule has 0 unspecified atom stereocenters. The van der Waals surface area contributed by atoms with Gasteiger partial charge in [0.05, 0.1) is 12.1 Å². The van der Waals surface area contributed by atoms with Crippen molar-refractivity contribution in [2.75, 3.05) is 20.3 Å². The number of nitrogens with one attached hydrogen (secondary N) is 1. The number of halogens is 1. The summed E-state index contributed by atoms with van der Waals surface area (Å²) in [5.74, 6) is 0.356. The third kappa shape index (κ3) is 5.03. The molecule has 3 N–H and O–H groups in total. The van der Waals surface area contributed by atoms with Gasteiger partial charge >= 0.3 is 0 Å². The van der Waals surface area contributed by atoms with Crippen molar-refractivity contribution >= 4 is 23.4 Å². The quantitative estimate of drug-likeness (QED) is 0.750. The molecule has 1 aromatic rings. The van der Waals surface area contributed by atoms with E-state index in [9.17, 15) is 9.59 Å². The van der Waals surface area contributed by atoms with E-state index in [1.165, 1.54) is 44.9 Å². The van der Waals surface area contributed by atoms with E-state index in [1.54, 1.807) is 0 Å². The van der Waals surface area contributed by atoms with E-state index in [0.29, 0.717) is 18.0 Å². The molecule has 24 heavy (non-hydrogen) atoms. The minimum absolute atomic E-state index is 0.191. The average molecular weight is 355 g/mol. The van der Waals surface area contributed by atoms with Crippen molar-refractivity contribution in [1.82, 2.24) is 5.32 Å². The molecule has 0 aromatic heterocycles. The summed E-state index contributed by atoms with van der Waals surface area (Å²) in [5, 5.41) is 3.10. The van der Waals surface area contributed by atoms with Crippen LogP contribution in [0.15, 0.2) is 12.1 Å². The summed E-state index contributed by atoms with van der Waals surface area (Å²) in [6.45, 7) is 0.326. The van der Waals surface area contributed by atoms with Crippen LogP contribution in [-0.4, -0.2) is 32.1 Å². The Bertz CT molecular complexity index is 600. The summed E-state index contributed by atoms with van der Waals surface area (Å²) in [7, 11) is 1.44. The average Bonchev–Trinajstić information content (AvgIpc) is 3.06. The number of carbonyl (C=O) groups is 2. The van der Waals surface area contributed by atoms with Gasteiger partial charge in [-0.2, -0.15) is 0 Å². The van der Waals surface area contributed by atoms with Gasteiger partial charge in [0.25, 0.3) is 11.8 Å². The Balaban J connectivity index is 1.99. The van der Waals surface area contributed by atoms with Crippen LogP contribution in [0.5, 0.6) is 11.5 Å². The van der Waals surface area contributed by atoms with E-state index in [4.69, 9.17) is 26.8 Å². The van der Waals surface area contributed by atoms with E-state index in [1.807, 2.05) is 0 Å². The first-order chi connectivity index (χ1) is 11.5. The molecule has 1 aromatic carbocycles. The second-order valence-electron chi connectivity index (χ2n) is 5.94. The highest BCUT2D eigenvalue weighted by Gasteiger charge is 2.18. The molecule has 0 saturated heterocycles. The van der Waals surface area contributed by atoms with Crippen LogP contribution in [0, 0.1) is 5.92 Å². The number of nitrogens with two attached hydrogens (primary N) is 1. The van der Waals surface area contributed by atoms with Crippen molar-refractivity contribution in [2.24, 2.45) is 11.7 Å². The SMILES string of the molecule is COc1cc(C(=O)NCCC2CCCC2)cc(Cl)c1OCC(N)=O. The minimum atomic E-state index is -0.623. The zero-order valence-electron chi connectivity index (χ0n) is 13.8. The van der Waals surface area contributed by atoms with Crippen molar-refractivity contribution < 1.29 is 19.1 Å². The molecule has 0 radical (unpaired) electrons. The summed E-state index contributed by atoms with van der Waals surface area (Å²) in [6, 6.07) is 3.03. The molecule has 1 saturated carbocycles. The maximum atomic E-state index is 12.3. The second kappa shape index (κ2) is 8.78. The van der Waals surface area contributed by atoms with Crippen LogP contribution < -0.4 is 20.5 Å². The lowest BCUT2D eigenvalue weighted by atomic mass is 10.0. The first-order valence-electron chi connectivity index (χ1n) is 8.08. The van der Waals surface area contributed by atoms with Gasteiger partial charge in [0, 0.05) is 12.1 Å². The number of benzene rings is 1. The van der Waals surface area contributed by atoms with Gasteiger partial charge in [-0.3, -0.25) is 9.59 Å². The molecular weight excluding hydrogens is 332 g/mol. The number of methoxy groups -OCH3 is 1. The molecular formula is C17H23ClN2O4. The van der Waals surface area contributed by atoms with Gasteiger partial charge < -0.3 is 20.5 Å². The first-order valence-corrected chi connectivity index (χ1v) is 8.46. The Morgan fingerprint density at radius 2 is 2.04 bits per heavy atom. The van der Waals surface area contributed by atoms with Gasteiger partial charge in [-0.05, 0) is 24.5 Å². The monoisotopic (exact) mass is 354 g/mol. The summed E-state index contributed by atoms with van der Waals surface area (Å²) >= 11 is 6.14. The Kier molecular flexibility index (Phi) is 6.73. The Labute approximate surface area is 146 Å². The normalized spacial score (nSPS) is 14.4. The second-order valence-corrected chi connectivity index (χ2v) is 6.35. The predicted octanol–water partition coefficient (Wildman–Crippen LogP) is 2.52. The van der Waals surface area contributed by atoms with Gasteiger partial charge in [-0.15, -0.1) is 0 Å². The number of primary amides is 1. The topological polar surface area (TPSA) is 90.7 Å². The Morgan fingerprint density at radius 3 is 2.67 bits per heavy atom. The molecule has 0 bridgehead atoms. The number of rotatable bonds is 8. The Hall–Kier alpha value is -1.95. The van der Waals surface area contributed by atoms with Crippen LogP contribution in [-0.2, 0) is 4.79 Å². The van der Waals surface area contributed by atoms with Crippen molar-refractivity contribution in [3.05, 3.63) is 22.7 Å². The Morgan fingerprint density at radius 1 is 1.33 bits per heavy atom. The highest BCUT2D eigenvalue weighted by atomic mass is 35.5. The van der Waals surface area contributed by atoms with Crippen molar-refractivity contribution in [2.45, 2.75) is 32.1 Å². The largest absolute Gasteiger partial charge is 0.493 e. The maximum absolute atomic E-state index is 12.3. The van der Waals surface area contributed by atoms with Crippen LogP contribution in [0.3, 0.4) is 0 Å². The molecule has 2 amide bonds. The van der Waals surface area contributed by atoms with E-state index >= 15 is 0 Å². The predicted molar refractivity (Wildman–Crippen MR) is 91.6 cm³/mol. The lowest BCUT2D eigenvalue weighted by molar-refractivity contribution is -0.119. The number of hydrogen-bond acceptors (Lipinski definition) is 4. The molecule has 1 fully saturated rings. The molecule has 7 heteroatoms. The smallest absolute Gasteiger partial charge is 0.255 e. The van der Waals surface area contributed by atoms with Crippen LogP contribution in [0.25, 0.3) is 0 Å². The van der Waals surface area contributed by atoms with E-state index < -0.39 is 5.91 Å². The number of amides is 2. The summed E-state index contributed by atoms with van der Waals surface area (Å²) in [4.78, 5) is 23.1. The van der Waals surface area contributed by atoms with E-state index in [2.05, 4.69) is 5.32 Å². The van der Waals surface area contributed by atoms with Gasteiger partial charge in [0.1, 0.15) is 0 Å². The number of carbonyl (C=O) groups excluding carboxylic acids is 2. The molecule has 1 aliphatic rings. The maximum Gasteiger partial charge on any atom is 0.255 e. The standard InChI is InChI=1S/C17H23ClN2O4/c1-23-14-9-12(8-13(18)16(14)24-10-15(19)21)17(22)20-7-6-11-4-2-3-5-11/h8-9,11H,2-7,10H2,1H3,(H2,19,21)(H,20,22). The molecule has 0 spiro atoms. The van der Waals surface area contributed by atoms with Crippen molar-refractivity contribution in [1.29, 1.82) is 0 Å². The third-order valence-corrected chi connectivity index (χ3v) is 4.44. The van der Waals surface area contributed by atoms with Gasteiger partial charge in [-0.25, -0.2) is 0 Å². The van der Waals surface area contributed by atoms with Crippen LogP contribution >= 0.6 is 11.6 Å². The summed E-state index contributed by atoms with van der Waals surface area (Å²) < 4.78 is 10.4. The molecule has 0 aliphatic heterocycles. The fraction of sp³-hybridized carbons (Fsp3) is 0.529. The summed E-state index contributed by atoms with van der Waals surface area (Å²) in [6.07, 6.45) is 6.08. The molecule has 0 atom stereocenters. The zero-order valence-corrected chi connectivity index (χ0v) is 14.5. The van der Waals surface area contributed by atoms with Crippen LogP contribution in [0.1, 0.15) is 42.5 Å². The van der Waals surface area contributed by atoms with Gasteiger partial charge in [0.2, 0.25) is 0 Å². The molecule has 1 aliphatic carbocycles. The van der Waals surface area contributed by atoms with Crippen molar-refractivity contribution in [3.8, 4) is 11.5 Å². The molecule has 132 valence electrons. The summed E-state index contributed by atoms with van der Waals surface area (Å²) in [5.41, 5.74) is 5.44. The van der Waals surface area contributed by atoms with Crippen LogP contribution in [0.4, 0.5) is 0 Å². The minimum Gasteiger partial charge on any atom is -0.493 e. The highest BCUT2D eigenvalue weighted by molar-refractivity contribution is 6.32. The molecule has 6 nitrogen and oxygen atoms in total. The fourth-order valence-corrected chi connectivity index (χ4v) is 3.19. The number of ether oxygens (including phenoxy) is 2. The lowest BCUT2D eigenvalue weighted by Gasteiger charge is -2.14. The lowest BCUT2D eigenvalue weighted by Crippen LogP contribution is -2.26. The van der Waals surface area contributed by atoms with E-state index in [0.717, 1.165) is 6.42 Å². The first kappa shape index (κ1) is 18.4. The fourth-order valence-electron chi connectivity index (χ4n) is 2.93. The number of hydrogen-bond donors (Lipinski definition) is 2. The zero-order chi connectivity index (χ0) is 17.5.